The largest absolute Gasteiger partial charge is 0.366 e. The summed E-state index contributed by atoms with van der Waals surface area (Å²) in [6.45, 7) is 7.66. The number of hydrogen-bond acceptors (Lipinski definition) is 4. The van der Waals surface area contributed by atoms with Gasteiger partial charge >= 0.3 is 0 Å². The molecule has 0 aliphatic heterocycles. The van der Waals surface area contributed by atoms with Gasteiger partial charge in [0, 0.05) is 35.6 Å². The van der Waals surface area contributed by atoms with E-state index in [1.807, 2.05) is 37.3 Å². The highest BCUT2D eigenvalue weighted by Crippen LogP contribution is 2.24. The third-order valence-corrected chi connectivity index (χ3v) is 4.35. The number of rotatable bonds is 6. The lowest BCUT2D eigenvalue weighted by atomic mass is 10.2. The number of halogens is 1. The van der Waals surface area contributed by atoms with Gasteiger partial charge in [-0.05, 0) is 56.2 Å². The summed E-state index contributed by atoms with van der Waals surface area (Å²) < 4.78 is 0. The Kier molecular flexibility index (Phi) is 5.74. The second-order valence-corrected chi connectivity index (χ2v) is 6.69. The van der Waals surface area contributed by atoms with Gasteiger partial charge in [-0.1, -0.05) is 35.9 Å². The summed E-state index contributed by atoms with van der Waals surface area (Å²) in [5.74, 6) is 1.52. The van der Waals surface area contributed by atoms with E-state index in [9.17, 15) is 0 Å². The van der Waals surface area contributed by atoms with Crippen LogP contribution in [0, 0.1) is 13.8 Å². The van der Waals surface area contributed by atoms with Crippen LogP contribution in [0.4, 0.5) is 17.5 Å². The second kappa shape index (κ2) is 8.19. The number of aryl methyl sites for hydroxylation is 2. The van der Waals surface area contributed by atoms with Crippen molar-refractivity contribution in [3.8, 4) is 0 Å². The number of nitrogens with zero attached hydrogens (tertiary/aromatic N) is 3. The maximum Gasteiger partial charge on any atom is 0.232 e. The monoisotopic (exact) mass is 366 g/mol. The molecule has 134 valence electrons. The molecule has 1 N–H and O–H groups in total. The molecule has 0 unspecified atom stereocenters. The van der Waals surface area contributed by atoms with Crippen LogP contribution in [-0.2, 0) is 6.54 Å². The fourth-order valence-electron chi connectivity index (χ4n) is 2.79. The molecule has 4 nitrogen and oxygen atoms in total. The molecular weight excluding hydrogens is 344 g/mol. The Morgan fingerprint density at radius 3 is 2.46 bits per heavy atom. The Balaban J connectivity index is 1.83. The molecule has 0 saturated carbocycles. The normalized spacial score (nSPS) is 10.6. The topological polar surface area (TPSA) is 41.1 Å². The van der Waals surface area contributed by atoms with Crippen LogP contribution in [0.5, 0.6) is 0 Å². The molecule has 1 aromatic heterocycles. The van der Waals surface area contributed by atoms with Crippen molar-refractivity contribution in [2.24, 2.45) is 0 Å². The molecule has 1 heterocycles. The minimum atomic E-state index is 0.684. The average Bonchev–Trinajstić information content (AvgIpc) is 2.62. The van der Waals surface area contributed by atoms with Crippen LogP contribution >= 0.6 is 11.6 Å². The maximum absolute atomic E-state index is 5.94. The van der Waals surface area contributed by atoms with Crippen molar-refractivity contribution >= 4 is 29.1 Å². The van der Waals surface area contributed by atoms with E-state index in [0.29, 0.717) is 12.5 Å². The van der Waals surface area contributed by atoms with E-state index >= 15 is 0 Å². The first kappa shape index (κ1) is 18.2. The summed E-state index contributed by atoms with van der Waals surface area (Å²) in [6, 6.07) is 18.2. The van der Waals surface area contributed by atoms with Gasteiger partial charge in [0.1, 0.15) is 5.82 Å². The predicted octanol–water partition coefficient (Wildman–Crippen LogP) is 5.52. The third-order valence-electron chi connectivity index (χ3n) is 4.10. The molecule has 0 spiro atoms. The van der Waals surface area contributed by atoms with Crippen LogP contribution in [0.25, 0.3) is 0 Å². The van der Waals surface area contributed by atoms with Crippen molar-refractivity contribution in [3.05, 3.63) is 76.4 Å². The Hall–Kier alpha value is -2.59. The average molecular weight is 367 g/mol. The molecule has 5 heteroatoms. The smallest absolute Gasteiger partial charge is 0.232 e. The Morgan fingerprint density at radius 1 is 1.00 bits per heavy atom. The number of benzene rings is 2. The number of anilines is 3. The van der Waals surface area contributed by atoms with Gasteiger partial charge < -0.3 is 10.2 Å². The molecule has 0 fully saturated rings. The SMILES string of the molecule is CCN(c1cccc(C)c1)c1nc(C)cc(NCc2ccc(Cl)cc2)n1. The Labute approximate surface area is 159 Å². The molecule has 2 aromatic carbocycles. The first-order valence-corrected chi connectivity index (χ1v) is 9.11. The number of hydrogen-bond donors (Lipinski definition) is 1. The van der Waals surface area contributed by atoms with Crippen LogP contribution in [0.3, 0.4) is 0 Å². The Morgan fingerprint density at radius 2 is 1.77 bits per heavy atom. The minimum absolute atomic E-state index is 0.684. The predicted molar refractivity (Wildman–Crippen MR) is 109 cm³/mol. The highest BCUT2D eigenvalue weighted by molar-refractivity contribution is 6.30. The van der Waals surface area contributed by atoms with E-state index in [-0.39, 0.29) is 0 Å². The molecule has 26 heavy (non-hydrogen) atoms. The van der Waals surface area contributed by atoms with Crippen LogP contribution in [0.15, 0.2) is 54.6 Å². The Bertz CT molecular complexity index is 877. The summed E-state index contributed by atoms with van der Waals surface area (Å²) in [6.07, 6.45) is 0. The van der Waals surface area contributed by atoms with Crippen molar-refractivity contribution in [1.82, 2.24) is 9.97 Å². The van der Waals surface area contributed by atoms with Crippen molar-refractivity contribution in [3.63, 3.8) is 0 Å². The molecule has 0 bridgehead atoms. The molecular formula is C21H23ClN4. The first-order valence-electron chi connectivity index (χ1n) is 8.73. The van der Waals surface area contributed by atoms with Crippen LogP contribution < -0.4 is 10.2 Å². The van der Waals surface area contributed by atoms with Crippen molar-refractivity contribution in [2.45, 2.75) is 27.3 Å². The lowest BCUT2D eigenvalue weighted by molar-refractivity contribution is 0.929. The first-order chi connectivity index (χ1) is 12.5. The van der Waals surface area contributed by atoms with Gasteiger partial charge in [0.15, 0.2) is 0 Å². The van der Waals surface area contributed by atoms with E-state index in [0.717, 1.165) is 34.3 Å². The molecule has 0 aliphatic rings. The third kappa shape index (κ3) is 4.52. The highest BCUT2D eigenvalue weighted by Gasteiger charge is 2.12. The van der Waals surface area contributed by atoms with Crippen LogP contribution in [-0.4, -0.2) is 16.5 Å². The van der Waals surface area contributed by atoms with Gasteiger partial charge in [0.2, 0.25) is 5.95 Å². The van der Waals surface area contributed by atoms with E-state index in [4.69, 9.17) is 16.6 Å². The van der Waals surface area contributed by atoms with Gasteiger partial charge in [0.05, 0.1) is 0 Å². The number of aromatic nitrogens is 2. The van der Waals surface area contributed by atoms with E-state index in [1.54, 1.807) is 0 Å². The van der Waals surface area contributed by atoms with E-state index in [1.165, 1.54) is 5.56 Å². The molecule has 0 aliphatic carbocycles. The summed E-state index contributed by atoms with van der Waals surface area (Å²) in [4.78, 5) is 11.5. The molecule has 0 amide bonds. The van der Waals surface area contributed by atoms with Gasteiger partial charge in [-0.3, -0.25) is 0 Å². The summed E-state index contributed by atoms with van der Waals surface area (Å²) in [5.41, 5.74) is 4.40. The van der Waals surface area contributed by atoms with Crippen LogP contribution in [0.2, 0.25) is 5.02 Å². The van der Waals surface area contributed by atoms with Crippen molar-refractivity contribution < 1.29 is 0 Å². The summed E-state index contributed by atoms with van der Waals surface area (Å²) >= 11 is 5.94. The second-order valence-electron chi connectivity index (χ2n) is 6.26. The van der Waals surface area contributed by atoms with E-state index in [2.05, 4.69) is 53.3 Å². The molecule has 0 atom stereocenters. The summed E-state index contributed by atoms with van der Waals surface area (Å²) in [5, 5.41) is 4.12. The zero-order chi connectivity index (χ0) is 18.5. The summed E-state index contributed by atoms with van der Waals surface area (Å²) in [7, 11) is 0. The fraction of sp³-hybridized carbons (Fsp3) is 0.238. The van der Waals surface area contributed by atoms with Crippen molar-refractivity contribution in [2.75, 3.05) is 16.8 Å². The van der Waals surface area contributed by atoms with Gasteiger partial charge in [0.25, 0.3) is 0 Å². The molecule has 0 radical (unpaired) electrons. The van der Waals surface area contributed by atoms with Gasteiger partial charge in [-0.15, -0.1) is 0 Å². The highest BCUT2D eigenvalue weighted by atomic mass is 35.5. The van der Waals surface area contributed by atoms with Gasteiger partial charge in [-0.25, -0.2) is 4.98 Å². The van der Waals surface area contributed by atoms with Crippen LogP contribution in [0.1, 0.15) is 23.7 Å². The standard InChI is InChI=1S/C21H23ClN4/c1-4-26(19-7-5-6-15(2)12-19)21-24-16(3)13-20(25-21)23-14-17-8-10-18(22)11-9-17/h5-13H,4,14H2,1-3H3,(H,23,24,25). The minimum Gasteiger partial charge on any atom is -0.366 e. The molecule has 3 aromatic rings. The quantitative estimate of drug-likeness (QED) is 0.623. The van der Waals surface area contributed by atoms with Crippen molar-refractivity contribution in [1.29, 1.82) is 0 Å². The fourth-order valence-corrected chi connectivity index (χ4v) is 2.92. The van der Waals surface area contributed by atoms with Gasteiger partial charge in [-0.2, -0.15) is 4.98 Å². The van der Waals surface area contributed by atoms with E-state index < -0.39 is 0 Å². The molecule has 0 saturated heterocycles. The molecule has 3 rings (SSSR count). The lowest BCUT2D eigenvalue weighted by Gasteiger charge is -2.22. The number of nitrogens with one attached hydrogen (secondary N) is 1. The maximum atomic E-state index is 5.94. The zero-order valence-corrected chi connectivity index (χ0v) is 16.1. The lowest BCUT2D eigenvalue weighted by Crippen LogP contribution is -2.20. The zero-order valence-electron chi connectivity index (χ0n) is 15.3.